The lowest BCUT2D eigenvalue weighted by Crippen LogP contribution is -2.45. The minimum Gasteiger partial charge on any atom is -0.487 e. The highest BCUT2D eigenvalue weighted by Crippen LogP contribution is 2.53. The predicted molar refractivity (Wildman–Crippen MR) is 127 cm³/mol. The van der Waals surface area contributed by atoms with Crippen LogP contribution in [-0.2, 0) is 6.42 Å². The van der Waals surface area contributed by atoms with Crippen molar-refractivity contribution in [2.75, 3.05) is 6.54 Å². The van der Waals surface area contributed by atoms with Crippen molar-refractivity contribution in [3.8, 4) is 11.5 Å². The van der Waals surface area contributed by atoms with E-state index in [0.29, 0.717) is 18.2 Å². The summed E-state index contributed by atoms with van der Waals surface area (Å²) in [6, 6.07) is 4.27. The van der Waals surface area contributed by atoms with Crippen molar-refractivity contribution in [2.24, 2.45) is 5.92 Å². The third-order valence-corrected chi connectivity index (χ3v) is 6.83. The lowest BCUT2D eigenvalue weighted by Gasteiger charge is -2.46. The largest absolute Gasteiger partial charge is 0.487 e. The molecule has 172 valence electrons. The Balaban J connectivity index is 1.93. The second-order valence-corrected chi connectivity index (χ2v) is 9.88. The molecule has 1 aromatic carbocycles. The first-order chi connectivity index (χ1) is 14.9. The van der Waals surface area contributed by atoms with Gasteiger partial charge in [0.15, 0.2) is 0 Å². The minimum atomic E-state index is -0.359. The van der Waals surface area contributed by atoms with E-state index in [9.17, 15) is 4.79 Å². The number of aryl methyl sites for hydroxylation is 1. The van der Waals surface area contributed by atoms with Crippen molar-refractivity contribution in [1.29, 1.82) is 0 Å². The Bertz CT molecular complexity index is 796. The molecule has 0 bridgehead atoms. The summed E-state index contributed by atoms with van der Waals surface area (Å²) in [5, 5.41) is 2.92. The number of allylic oxidation sites excluding steroid dienone is 2. The van der Waals surface area contributed by atoms with E-state index in [1.807, 2.05) is 0 Å². The van der Waals surface area contributed by atoms with Gasteiger partial charge in [0.25, 0.3) is 0 Å². The van der Waals surface area contributed by atoms with Crippen molar-refractivity contribution >= 4 is 6.09 Å². The zero-order chi connectivity index (χ0) is 22.4. The zero-order valence-corrected chi connectivity index (χ0v) is 20.2. The van der Waals surface area contributed by atoms with Crippen LogP contribution >= 0.6 is 0 Å². The molecule has 2 atom stereocenters. The molecule has 0 fully saturated rings. The number of benzene rings is 1. The minimum absolute atomic E-state index is 0.222. The van der Waals surface area contributed by atoms with Crippen LogP contribution in [0.5, 0.6) is 11.5 Å². The van der Waals surface area contributed by atoms with Gasteiger partial charge in [0.2, 0.25) is 0 Å². The average molecular weight is 428 g/mol. The summed E-state index contributed by atoms with van der Waals surface area (Å²) >= 11 is 0. The van der Waals surface area contributed by atoms with Crippen LogP contribution in [0.3, 0.4) is 0 Å². The molecular weight excluding hydrogens is 386 g/mol. The number of nitrogens with one attached hydrogen (secondary N) is 1. The van der Waals surface area contributed by atoms with Gasteiger partial charge >= 0.3 is 6.09 Å². The van der Waals surface area contributed by atoms with E-state index in [1.54, 1.807) is 0 Å². The maximum Gasteiger partial charge on any atom is 0.412 e. The zero-order valence-electron chi connectivity index (χ0n) is 20.2. The monoisotopic (exact) mass is 427 g/mol. The molecule has 0 spiro atoms. The highest BCUT2D eigenvalue weighted by Gasteiger charge is 2.45. The number of hydrogen-bond acceptors (Lipinski definition) is 3. The van der Waals surface area contributed by atoms with Gasteiger partial charge in [-0.05, 0) is 70.6 Å². The first kappa shape index (κ1) is 23.7. The molecule has 2 aliphatic rings. The molecule has 4 nitrogen and oxygen atoms in total. The first-order valence-electron chi connectivity index (χ1n) is 12.3. The fraction of sp³-hybridized carbons (Fsp3) is 0.667. The number of carbonyl (C=O) groups is 1. The predicted octanol–water partition coefficient (Wildman–Crippen LogP) is 7.31. The van der Waals surface area contributed by atoms with Gasteiger partial charge in [-0.15, -0.1) is 0 Å². The molecule has 1 heterocycles. The molecule has 0 saturated carbocycles. The summed E-state index contributed by atoms with van der Waals surface area (Å²) in [7, 11) is 0. The van der Waals surface area contributed by atoms with Crippen LogP contribution in [-0.4, -0.2) is 18.2 Å². The molecule has 1 aliphatic heterocycles. The number of rotatable bonds is 9. The maximum absolute atomic E-state index is 12.6. The van der Waals surface area contributed by atoms with Gasteiger partial charge in [-0.25, -0.2) is 4.79 Å². The highest BCUT2D eigenvalue weighted by molar-refractivity contribution is 5.72. The molecule has 4 heteroatoms. The second kappa shape index (κ2) is 10.6. The van der Waals surface area contributed by atoms with Gasteiger partial charge in [0, 0.05) is 23.9 Å². The Morgan fingerprint density at radius 1 is 1.16 bits per heavy atom. The van der Waals surface area contributed by atoms with Gasteiger partial charge in [0.1, 0.15) is 17.1 Å². The number of carbonyl (C=O) groups excluding carboxylic acids is 1. The van der Waals surface area contributed by atoms with Gasteiger partial charge in [0.05, 0.1) is 0 Å². The molecule has 0 unspecified atom stereocenters. The fourth-order valence-electron chi connectivity index (χ4n) is 5.07. The molecule has 0 saturated heterocycles. The third kappa shape index (κ3) is 5.84. The Hall–Kier alpha value is -1.97. The summed E-state index contributed by atoms with van der Waals surface area (Å²) in [5.74, 6) is 2.16. The van der Waals surface area contributed by atoms with E-state index >= 15 is 0 Å². The van der Waals surface area contributed by atoms with E-state index in [4.69, 9.17) is 9.47 Å². The molecule has 0 radical (unpaired) electrons. The quantitative estimate of drug-likeness (QED) is 0.332. The van der Waals surface area contributed by atoms with Gasteiger partial charge < -0.3 is 14.8 Å². The first-order valence-corrected chi connectivity index (χ1v) is 12.3. The summed E-state index contributed by atoms with van der Waals surface area (Å²) < 4.78 is 12.5. The molecule has 0 aromatic heterocycles. The average Bonchev–Trinajstić information content (AvgIpc) is 2.70. The Kier molecular flexibility index (Phi) is 8.07. The molecule has 31 heavy (non-hydrogen) atoms. The molecule has 3 rings (SSSR count). The lowest BCUT2D eigenvalue weighted by molar-refractivity contribution is 0.0108. The summed E-state index contributed by atoms with van der Waals surface area (Å²) in [4.78, 5) is 12.6. The molecule has 1 aromatic rings. The van der Waals surface area contributed by atoms with Crippen LogP contribution in [0, 0.1) is 5.92 Å². The van der Waals surface area contributed by atoms with Crippen LogP contribution in [0.15, 0.2) is 23.8 Å². The van der Waals surface area contributed by atoms with E-state index in [1.165, 1.54) is 24.0 Å². The Morgan fingerprint density at radius 2 is 1.90 bits per heavy atom. The van der Waals surface area contributed by atoms with Crippen LogP contribution in [0.2, 0.25) is 0 Å². The number of amides is 1. The van der Waals surface area contributed by atoms with Crippen LogP contribution in [0.1, 0.15) is 103 Å². The number of unbranched alkanes of at least 4 members (excludes halogenated alkanes) is 4. The molecule has 1 amide bonds. The smallest absolute Gasteiger partial charge is 0.412 e. The third-order valence-electron chi connectivity index (χ3n) is 6.83. The number of ether oxygens (including phenoxy) is 2. The summed E-state index contributed by atoms with van der Waals surface area (Å²) in [5.41, 5.74) is 3.40. The Labute approximate surface area is 188 Å². The SMILES string of the molecule is CCCCCNC(=O)Oc1cc(CCCCC)cc2c1[C@@H]1C=C(C)CC[C@H]1C(C)(C)O2. The number of fused-ring (bicyclic) bond motifs is 3. The van der Waals surface area contributed by atoms with Crippen LogP contribution in [0.25, 0.3) is 0 Å². The lowest BCUT2D eigenvalue weighted by atomic mass is 9.68. The maximum atomic E-state index is 12.6. The molecule has 1 N–H and O–H groups in total. The van der Waals surface area contributed by atoms with Crippen molar-refractivity contribution in [1.82, 2.24) is 5.32 Å². The van der Waals surface area contributed by atoms with E-state index in [2.05, 4.69) is 58.1 Å². The van der Waals surface area contributed by atoms with Gasteiger partial charge in [-0.2, -0.15) is 0 Å². The van der Waals surface area contributed by atoms with E-state index in [0.717, 1.165) is 56.3 Å². The highest BCUT2D eigenvalue weighted by atomic mass is 16.6. The van der Waals surface area contributed by atoms with E-state index in [-0.39, 0.29) is 17.6 Å². The van der Waals surface area contributed by atoms with Crippen molar-refractivity contribution in [3.63, 3.8) is 0 Å². The topological polar surface area (TPSA) is 47.6 Å². The normalized spacial score (nSPS) is 21.4. The Morgan fingerprint density at radius 3 is 2.65 bits per heavy atom. The van der Waals surface area contributed by atoms with Crippen LogP contribution < -0.4 is 14.8 Å². The second-order valence-electron chi connectivity index (χ2n) is 9.88. The van der Waals surface area contributed by atoms with Gasteiger partial charge in [-0.3, -0.25) is 0 Å². The number of hydrogen-bond donors (Lipinski definition) is 1. The molecular formula is C27H41NO3. The standard InChI is InChI=1S/C27H41NO3/c1-6-8-10-12-20-17-23(30-26(29)28-15-11-9-7-2)25-21-16-19(3)13-14-22(21)27(4,5)31-24(25)18-20/h16-18,21-22H,6-15H2,1-5H3,(H,28,29)/t21-,22-/m1/s1. The van der Waals surface area contributed by atoms with Crippen molar-refractivity contribution in [3.05, 3.63) is 34.9 Å². The van der Waals surface area contributed by atoms with Crippen molar-refractivity contribution in [2.45, 2.75) is 104 Å². The van der Waals surface area contributed by atoms with Crippen molar-refractivity contribution < 1.29 is 14.3 Å². The van der Waals surface area contributed by atoms with Gasteiger partial charge in [-0.1, -0.05) is 51.2 Å². The summed E-state index contributed by atoms with van der Waals surface area (Å²) in [6.45, 7) is 11.6. The fourth-order valence-corrected chi connectivity index (χ4v) is 5.07. The summed E-state index contributed by atoms with van der Waals surface area (Å²) in [6.07, 6.45) is 11.9. The van der Waals surface area contributed by atoms with E-state index < -0.39 is 0 Å². The molecule has 1 aliphatic carbocycles. The van der Waals surface area contributed by atoms with Crippen LogP contribution in [0.4, 0.5) is 4.79 Å².